The summed E-state index contributed by atoms with van der Waals surface area (Å²) >= 11 is 0. The molecule has 1 aromatic heterocycles. The van der Waals surface area contributed by atoms with E-state index >= 15 is 0 Å². The van der Waals surface area contributed by atoms with Crippen LogP contribution < -0.4 is 5.76 Å². The van der Waals surface area contributed by atoms with E-state index in [1.807, 2.05) is 6.92 Å². The first-order valence-corrected chi connectivity index (χ1v) is 7.93. The number of benzene rings is 1. The van der Waals surface area contributed by atoms with Crippen molar-refractivity contribution < 1.29 is 12.8 Å². The van der Waals surface area contributed by atoms with Crippen molar-refractivity contribution in [2.45, 2.75) is 18.2 Å². The minimum Gasteiger partial charge on any atom is -0.408 e. The van der Waals surface area contributed by atoms with E-state index in [1.165, 1.54) is 21.0 Å². The molecule has 6 nitrogen and oxygen atoms in total. The van der Waals surface area contributed by atoms with Crippen molar-refractivity contribution in [3.63, 3.8) is 0 Å². The Morgan fingerprint density at radius 2 is 2.10 bits per heavy atom. The second-order valence-corrected chi connectivity index (χ2v) is 7.25. The van der Waals surface area contributed by atoms with Crippen LogP contribution in [0.1, 0.15) is 13.3 Å². The average molecular weight is 296 g/mol. The second kappa shape index (κ2) is 4.46. The fourth-order valence-corrected chi connectivity index (χ4v) is 4.13. The van der Waals surface area contributed by atoms with Crippen molar-refractivity contribution in [1.82, 2.24) is 8.87 Å². The van der Waals surface area contributed by atoms with Crippen LogP contribution in [0.15, 0.2) is 32.3 Å². The molecule has 108 valence electrons. The van der Waals surface area contributed by atoms with Crippen LogP contribution in [-0.2, 0) is 17.1 Å². The van der Waals surface area contributed by atoms with Crippen LogP contribution in [0.3, 0.4) is 0 Å². The zero-order valence-electron chi connectivity index (χ0n) is 11.4. The van der Waals surface area contributed by atoms with E-state index in [0.717, 1.165) is 6.42 Å². The third-order valence-corrected chi connectivity index (χ3v) is 5.65. The number of hydrogen-bond acceptors (Lipinski definition) is 4. The Balaban J connectivity index is 2.08. The van der Waals surface area contributed by atoms with Gasteiger partial charge in [-0.3, -0.25) is 4.57 Å². The largest absolute Gasteiger partial charge is 0.419 e. The molecule has 1 unspecified atom stereocenters. The molecule has 1 fully saturated rings. The smallest absolute Gasteiger partial charge is 0.408 e. The highest BCUT2D eigenvalue weighted by molar-refractivity contribution is 7.89. The predicted octanol–water partition coefficient (Wildman–Crippen LogP) is 1.16. The molecule has 1 aliphatic rings. The molecule has 2 aromatic rings. The van der Waals surface area contributed by atoms with Crippen molar-refractivity contribution in [2.75, 3.05) is 13.1 Å². The van der Waals surface area contributed by atoms with E-state index in [1.54, 1.807) is 13.1 Å². The number of aromatic nitrogens is 1. The first kappa shape index (κ1) is 13.4. The number of rotatable bonds is 2. The highest BCUT2D eigenvalue weighted by Crippen LogP contribution is 2.26. The molecule has 20 heavy (non-hydrogen) atoms. The molecule has 1 aromatic carbocycles. The maximum Gasteiger partial charge on any atom is 0.419 e. The molecule has 0 saturated carbocycles. The summed E-state index contributed by atoms with van der Waals surface area (Å²) in [4.78, 5) is 11.6. The van der Waals surface area contributed by atoms with Gasteiger partial charge in [0.2, 0.25) is 10.0 Å². The normalized spacial score (nSPS) is 20.8. The third kappa shape index (κ3) is 1.97. The molecule has 0 spiro atoms. The highest BCUT2D eigenvalue weighted by atomic mass is 32.2. The zero-order chi connectivity index (χ0) is 14.5. The minimum absolute atomic E-state index is 0.174. The summed E-state index contributed by atoms with van der Waals surface area (Å²) in [6, 6.07) is 4.55. The van der Waals surface area contributed by atoms with E-state index in [9.17, 15) is 13.2 Å². The number of fused-ring (bicyclic) bond motifs is 1. The van der Waals surface area contributed by atoms with Gasteiger partial charge in [-0.2, -0.15) is 4.31 Å². The van der Waals surface area contributed by atoms with Crippen LogP contribution in [0.25, 0.3) is 11.1 Å². The van der Waals surface area contributed by atoms with Gasteiger partial charge in [-0.15, -0.1) is 0 Å². The average Bonchev–Trinajstić information content (AvgIpc) is 2.95. The van der Waals surface area contributed by atoms with E-state index in [0.29, 0.717) is 30.1 Å². The van der Waals surface area contributed by atoms with E-state index in [2.05, 4.69) is 0 Å². The first-order valence-electron chi connectivity index (χ1n) is 6.49. The Morgan fingerprint density at radius 3 is 2.75 bits per heavy atom. The predicted molar refractivity (Wildman–Crippen MR) is 74.0 cm³/mol. The zero-order valence-corrected chi connectivity index (χ0v) is 12.2. The Kier molecular flexibility index (Phi) is 2.98. The van der Waals surface area contributed by atoms with Crippen LogP contribution in [0, 0.1) is 5.92 Å². The topological polar surface area (TPSA) is 72.5 Å². The van der Waals surface area contributed by atoms with Gasteiger partial charge < -0.3 is 4.42 Å². The van der Waals surface area contributed by atoms with Crippen LogP contribution >= 0.6 is 0 Å². The fraction of sp³-hybridized carbons (Fsp3) is 0.462. The van der Waals surface area contributed by atoms with Gasteiger partial charge in [0.15, 0.2) is 5.58 Å². The summed E-state index contributed by atoms with van der Waals surface area (Å²) in [5, 5.41) is 0. The SMILES string of the molecule is CC1CCN(S(=O)(=O)c2ccc3c(c2)oc(=O)n3C)C1. The molecular weight excluding hydrogens is 280 g/mol. The molecule has 1 aliphatic heterocycles. The summed E-state index contributed by atoms with van der Waals surface area (Å²) in [6.45, 7) is 3.12. The van der Waals surface area contributed by atoms with Crippen LogP contribution in [0.4, 0.5) is 0 Å². The number of nitrogens with zero attached hydrogens (tertiary/aromatic N) is 2. The minimum atomic E-state index is -3.50. The van der Waals surface area contributed by atoms with Gasteiger partial charge in [-0.25, -0.2) is 13.2 Å². The van der Waals surface area contributed by atoms with E-state index in [-0.39, 0.29) is 4.90 Å². The molecule has 2 heterocycles. The third-order valence-electron chi connectivity index (χ3n) is 3.79. The van der Waals surface area contributed by atoms with Gasteiger partial charge in [0.1, 0.15) is 0 Å². The van der Waals surface area contributed by atoms with E-state index in [4.69, 9.17) is 4.42 Å². The Hall–Kier alpha value is -1.60. The molecule has 0 aliphatic carbocycles. The Labute approximate surface area is 116 Å². The maximum absolute atomic E-state index is 12.5. The van der Waals surface area contributed by atoms with Gasteiger partial charge in [0, 0.05) is 26.2 Å². The monoisotopic (exact) mass is 296 g/mol. The number of aryl methyl sites for hydroxylation is 1. The van der Waals surface area contributed by atoms with Crippen molar-refractivity contribution in [3.8, 4) is 0 Å². The summed E-state index contributed by atoms with van der Waals surface area (Å²) < 4.78 is 32.9. The molecular formula is C13H16N2O4S. The number of oxazole rings is 1. The second-order valence-electron chi connectivity index (χ2n) is 5.31. The standard InChI is InChI=1S/C13H16N2O4S/c1-9-5-6-15(8-9)20(17,18)10-3-4-11-12(7-10)19-13(16)14(11)2/h3-4,7,9H,5-6,8H2,1-2H3. The quantitative estimate of drug-likeness (QED) is 0.833. The van der Waals surface area contributed by atoms with Gasteiger partial charge in [0.25, 0.3) is 0 Å². The molecule has 0 amide bonds. The van der Waals surface area contributed by atoms with Crippen LogP contribution in [0.2, 0.25) is 0 Å². The van der Waals surface area contributed by atoms with Crippen LogP contribution in [-0.4, -0.2) is 30.4 Å². The summed E-state index contributed by atoms with van der Waals surface area (Å²) in [5.41, 5.74) is 0.884. The van der Waals surface area contributed by atoms with Gasteiger partial charge >= 0.3 is 5.76 Å². The van der Waals surface area contributed by atoms with Crippen LogP contribution in [0.5, 0.6) is 0 Å². The molecule has 0 radical (unpaired) electrons. The van der Waals surface area contributed by atoms with Gasteiger partial charge in [0.05, 0.1) is 10.4 Å². The number of sulfonamides is 1. The lowest BCUT2D eigenvalue weighted by Gasteiger charge is -2.15. The number of hydrogen-bond donors (Lipinski definition) is 0. The summed E-state index contributed by atoms with van der Waals surface area (Å²) in [6.07, 6.45) is 0.877. The maximum atomic E-state index is 12.5. The molecule has 7 heteroatoms. The van der Waals surface area contributed by atoms with Gasteiger partial charge in [-0.1, -0.05) is 6.92 Å². The van der Waals surface area contributed by atoms with Crippen molar-refractivity contribution in [3.05, 3.63) is 28.7 Å². The lowest BCUT2D eigenvalue weighted by molar-refractivity contribution is 0.464. The molecule has 3 rings (SSSR count). The summed E-state index contributed by atoms with van der Waals surface area (Å²) in [5.74, 6) is -0.118. The summed E-state index contributed by atoms with van der Waals surface area (Å²) in [7, 11) is -1.92. The molecule has 0 bridgehead atoms. The molecule has 0 N–H and O–H groups in total. The highest BCUT2D eigenvalue weighted by Gasteiger charge is 2.31. The lowest BCUT2D eigenvalue weighted by atomic mass is 10.2. The fourth-order valence-electron chi connectivity index (χ4n) is 2.54. The molecule has 1 saturated heterocycles. The lowest BCUT2D eigenvalue weighted by Crippen LogP contribution is -2.28. The van der Waals surface area contributed by atoms with Crippen molar-refractivity contribution in [1.29, 1.82) is 0 Å². The Morgan fingerprint density at radius 1 is 1.35 bits per heavy atom. The van der Waals surface area contributed by atoms with E-state index < -0.39 is 15.8 Å². The van der Waals surface area contributed by atoms with Crippen molar-refractivity contribution >= 4 is 21.1 Å². The Bertz CT molecular complexity index is 818. The molecule has 1 atom stereocenters. The first-order chi connectivity index (χ1) is 9.39. The van der Waals surface area contributed by atoms with Gasteiger partial charge in [-0.05, 0) is 24.5 Å². The van der Waals surface area contributed by atoms with Crippen molar-refractivity contribution in [2.24, 2.45) is 13.0 Å².